The third kappa shape index (κ3) is 2.72. The van der Waals surface area contributed by atoms with Gasteiger partial charge in [0.1, 0.15) is 5.82 Å². The first kappa shape index (κ1) is 13.5. The third-order valence-electron chi connectivity index (χ3n) is 2.84. The molecule has 19 heavy (non-hydrogen) atoms. The van der Waals surface area contributed by atoms with Gasteiger partial charge in [-0.25, -0.2) is 4.98 Å². The van der Waals surface area contributed by atoms with Gasteiger partial charge in [0.25, 0.3) is 0 Å². The number of hydrogen-bond donors (Lipinski definition) is 1. The molecule has 0 saturated carbocycles. The van der Waals surface area contributed by atoms with Crippen molar-refractivity contribution in [2.45, 2.75) is 19.6 Å². The van der Waals surface area contributed by atoms with E-state index in [0.717, 1.165) is 11.9 Å². The van der Waals surface area contributed by atoms with E-state index in [-0.39, 0.29) is 0 Å². The van der Waals surface area contributed by atoms with Gasteiger partial charge >= 0.3 is 6.18 Å². The fourth-order valence-corrected chi connectivity index (χ4v) is 1.81. The Morgan fingerprint density at radius 3 is 2.32 bits per heavy atom. The van der Waals surface area contributed by atoms with Crippen LogP contribution in [0.5, 0.6) is 0 Å². The van der Waals surface area contributed by atoms with Gasteiger partial charge < -0.3 is 9.88 Å². The van der Waals surface area contributed by atoms with Crippen LogP contribution < -0.4 is 5.32 Å². The standard InChI is InChI=1S/C13H14F3N3/c1-3-19-8-11(13(14,15)16)18-12(19)9-4-6-10(17-2)7-5-9/h4-8,17H,3H2,1-2H3. The molecule has 0 radical (unpaired) electrons. The molecule has 0 unspecified atom stereocenters. The van der Waals surface area contributed by atoms with Gasteiger partial charge in [0.15, 0.2) is 5.69 Å². The smallest absolute Gasteiger partial charge is 0.388 e. The molecule has 0 bridgehead atoms. The number of halogens is 3. The molecule has 1 aromatic heterocycles. The lowest BCUT2D eigenvalue weighted by Crippen LogP contribution is -2.05. The number of nitrogens with one attached hydrogen (secondary N) is 1. The number of aryl methyl sites for hydroxylation is 1. The van der Waals surface area contributed by atoms with Crippen LogP contribution in [0.3, 0.4) is 0 Å². The van der Waals surface area contributed by atoms with Gasteiger partial charge in [0, 0.05) is 31.0 Å². The highest BCUT2D eigenvalue weighted by Gasteiger charge is 2.34. The molecule has 102 valence electrons. The summed E-state index contributed by atoms with van der Waals surface area (Å²) < 4.78 is 39.5. The highest BCUT2D eigenvalue weighted by molar-refractivity contribution is 5.60. The van der Waals surface area contributed by atoms with Crippen LogP contribution in [0.1, 0.15) is 12.6 Å². The lowest BCUT2D eigenvalue weighted by Gasteiger charge is -2.05. The molecule has 0 atom stereocenters. The predicted octanol–water partition coefficient (Wildman–Crippen LogP) is 3.63. The first-order valence-electron chi connectivity index (χ1n) is 5.88. The zero-order valence-electron chi connectivity index (χ0n) is 10.6. The van der Waals surface area contributed by atoms with E-state index >= 15 is 0 Å². The number of benzene rings is 1. The summed E-state index contributed by atoms with van der Waals surface area (Å²) in [7, 11) is 1.78. The van der Waals surface area contributed by atoms with E-state index in [4.69, 9.17) is 0 Å². The van der Waals surface area contributed by atoms with Gasteiger partial charge in [-0.2, -0.15) is 13.2 Å². The first-order chi connectivity index (χ1) is 8.95. The SMILES string of the molecule is CCn1cc(C(F)(F)F)nc1-c1ccc(NC)cc1. The Balaban J connectivity index is 2.45. The summed E-state index contributed by atoms with van der Waals surface area (Å²) in [4.78, 5) is 3.70. The number of aromatic nitrogens is 2. The topological polar surface area (TPSA) is 29.9 Å². The zero-order valence-corrected chi connectivity index (χ0v) is 10.6. The summed E-state index contributed by atoms with van der Waals surface area (Å²) in [6, 6.07) is 7.11. The monoisotopic (exact) mass is 269 g/mol. The van der Waals surface area contributed by atoms with Crippen LogP contribution in [0.2, 0.25) is 0 Å². The maximum absolute atomic E-state index is 12.7. The van der Waals surface area contributed by atoms with Crippen molar-refractivity contribution in [2.24, 2.45) is 0 Å². The average molecular weight is 269 g/mol. The molecule has 0 fully saturated rings. The van der Waals surface area contributed by atoms with Crippen LogP contribution in [-0.4, -0.2) is 16.6 Å². The molecule has 0 aliphatic carbocycles. The fraction of sp³-hybridized carbons (Fsp3) is 0.308. The zero-order chi connectivity index (χ0) is 14.0. The highest BCUT2D eigenvalue weighted by atomic mass is 19.4. The van der Waals surface area contributed by atoms with Crippen LogP contribution in [0.15, 0.2) is 30.5 Å². The molecule has 3 nitrogen and oxygen atoms in total. The van der Waals surface area contributed by atoms with Crippen molar-refractivity contribution in [3.63, 3.8) is 0 Å². The van der Waals surface area contributed by atoms with Gasteiger partial charge in [-0.3, -0.25) is 0 Å². The van der Waals surface area contributed by atoms with Crippen molar-refractivity contribution in [2.75, 3.05) is 12.4 Å². The second kappa shape index (κ2) is 4.95. The lowest BCUT2D eigenvalue weighted by molar-refractivity contribution is -0.140. The summed E-state index contributed by atoms with van der Waals surface area (Å²) in [5.41, 5.74) is 0.702. The maximum atomic E-state index is 12.7. The molecular weight excluding hydrogens is 255 g/mol. The molecule has 0 aliphatic rings. The number of anilines is 1. The van der Waals surface area contributed by atoms with E-state index < -0.39 is 11.9 Å². The van der Waals surface area contributed by atoms with E-state index in [0.29, 0.717) is 17.9 Å². The molecule has 0 amide bonds. The van der Waals surface area contributed by atoms with E-state index in [2.05, 4.69) is 10.3 Å². The maximum Gasteiger partial charge on any atom is 0.434 e. The molecule has 1 heterocycles. The Hall–Kier alpha value is -1.98. The molecular formula is C13H14F3N3. The predicted molar refractivity (Wildman–Crippen MR) is 67.9 cm³/mol. The Bertz CT molecular complexity index is 556. The van der Waals surface area contributed by atoms with Crippen LogP contribution in [-0.2, 0) is 12.7 Å². The average Bonchev–Trinajstić information content (AvgIpc) is 2.83. The van der Waals surface area contributed by atoms with Gasteiger partial charge in [-0.15, -0.1) is 0 Å². The Kier molecular flexibility index (Phi) is 3.50. The van der Waals surface area contributed by atoms with Crippen LogP contribution in [0, 0.1) is 0 Å². The number of imidazole rings is 1. The molecule has 1 N–H and O–H groups in total. The number of nitrogens with zero attached hydrogens (tertiary/aromatic N) is 2. The summed E-state index contributed by atoms with van der Waals surface area (Å²) in [5, 5.41) is 2.96. The Morgan fingerprint density at radius 1 is 1.21 bits per heavy atom. The first-order valence-corrected chi connectivity index (χ1v) is 5.88. The Labute approximate surface area is 109 Å². The van der Waals surface area contributed by atoms with E-state index in [1.165, 1.54) is 4.57 Å². The third-order valence-corrected chi connectivity index (χ3v) is 2.84. The molecule has 2 aromatic rings. The summed E-state index contributed by atoms with van der Waals surface area (Å²) in [5.74, 6) is 0.331. The van der Waals surface area contributed by atoms with Crippen molar-refractivity contribution in [3.8, 4) is 11.4 Å². The van der Waals surface area contributed by atoms with Crippen molar-refractivity contribution >= 4 is 5.69 Å². The van der Waals surface area contributed by atoms with Crippen molar-refractivity contribution in [3.05, 3.63) is 36.2 Å². The summed E-state index contributed by atoms with van der Waals surface area (Å²) >= 11 is 0. The molecule has 0 aliphatic heterocycles. The highest BCUT2D eigenvalue weighted by Crippen LogP contribution is 2.31. The summed E-state index contributed by atoms with van der Waals surface area (Å²) in [6.07, 6.45) is -3.37. The van der Waals surface area contributed by atoms with Crippen molar-refractivity contribution in [1.82, 2.24) is 9.55 Å². The quantitative estimate of drug-likeness (QED) is 0.922. The van der Waals surface area contributed by atoms with Gasteiger partial charge in [-0.05, 0) is 31.2 Å². The van der Waals surface area contributed by atoms with E-state index in [1.54, 1.807) is 38.2 Å². The number of hydrogen-bond acceptors (Lipinski definition) is 2. The molecule has 6 heteroatoms. The van der Waals surface area contributed by atoms with Crippen LogP contribution >= 0.6 is 0 Å². The van der Waals surface area contributed by atoms with E-state index in [1.807, 2.05) is 0 Å². The minimum absolute atomic E-state index is 0.331. The Morgan fingerprint density at radius 2 is 1.84 bits per heavy atom. The molecule has 2 rings (SSSR count). The second-order valence-electron chi connectivity index (χ2n) is 4.06. The number of rotatable bonds is 3. The van der Waals surface area contributed by atoms with Crippen molar-refractivity contribution < 1.29 is 13.2 Å². The van der Waals surface area contributed by atoms with Crippen LogP contribution in [0.25, 0.3) is 11.4 Å². The molecule has 0 saturated heterocycles. The molecule has 1 aromatic carbocycles. The van der Waals surface area contributed by atoms with Crippen molar-refractivity contribution in [1.29, 1.82) is 0 Å². The van der Waals surface area contributed by atoms with Gasteiger partial charge in [0.2, 0.25) is 0 Å². The fourth-order valence-electron chi connectivity index (χ4n) is 1.81. The minimum atomic E-state index is -4.42. The van der Waals surface area contributed by atoms with Crippen LogP contribution in [0.4, 0.5) is 18.9 Å². The lowest BCUT2D eigenvalue weighted by atomic mass is 10.2. The second-order valence-corrected chi connectivity index (χ2v) is 4.06. The van der Waals surface area contributed by atoms with Gasteiger partial charge in [-0.1, -0.05) is 0 Å². The summed E-state index contributed by atoms with van der Waals surface area (Å²) in [6.45, 7) is 2.22. The molecule has 0 spiro atoms. The van der Waals surface area contributed by atoms with Gasteiger partial charge in [0.05, 0.1) is 0 Å². The number of alkyl halides is 3. The largest absolute Gasteiger partial charge is 0.434 e. The van der Waals surface area contributed by atoms with E-state index in [9.17, 15) is 13.2 Å². The minimum Gasteiger partial charge on any atom is -0.388 e. The normalized spacial score (nSPS) is 11.6.